The SMILES string of the molecule is Cc1[nH]c2c(C)ccc(C)c2c1CC(=O)NCCc1cc(F)cc(F)c1. The highest BCUT2D eigenvalue weighted by atomic mass is 19.1. The van der Waals surface area contributed by atoms with E-state index in [9.17, 15) is 13.6 Å². The van der Waals surface area contributed by atoms with E-state index in [-0.39, 0.29) is 12.3 Å². The molecule has 5 heteroatoms. The molecule has 2 aromatic carbocycles. The Morgan fingerprint density at radius 3 is 2.38 bits per heavy atom. The molecule has 0 aliphatic carbocycles. The van der Waals surface area contributed by atoms with Crippen molar-refractivity contribution in [2.75, 3.05) is 6.54 Å². The van der Waals surface area contributed by atoms with Crippen molar-refractivity contribution >= 4 is 16.8 Å². The van der Waals surface area contributed by atoms with E-state index in [0.717, 1.165) is 39.4 Å². The molecule has 0 unspecified atom stereocenters. The average molecular weight is 356 g/mol. The number of H-pyrrole nitrogens is 1. The summed E-state index contributed by atoms with van der Waals surface area (Å²) in [5, 5.41) is 3.94. The second-order valence-electron chi connectivity index (χ2n) is 6.73. The summed E-state index contributed by atoms with van der Waals surface area (Å²) in [6.07, 6.45) is 0.652. The topological polar surface area (TPSA) is 44.9 Å². The first-order valence-corrected chi connectivity index (χ1v) is 8.64. The Morgan fingerprint density at radius 2 is 1.69 bits per heavy atom. The number of halogens is 2. The highest BCUT2D eigenvalue weighted by Crippen LogP contribution is 2.28. The van der Waals surface area contributed by atoms with Crippen LogP contribution in [0, 0.1) is 32.4 Å². The molecule has 0 atom stereocenters. The second kappa shape index (κ2) is 7.28. The van der Waals surface area contributed by atoms with Crippen molar-refractivity contribution in [1.29, 1.82) is 0 Å². The Labute approximate surface area is 151 Å². The van der Waals surface area contributed by atoms with E-state index in [1.807, 2.05) is 20.8 Å². The van der Waals surface area contributed by atoms with Crippen LogP contribution >= 0.6 is 0 Å². The lowest BCUT2D eigenvalue weighted by Gasteiger charge is -2.07. The zero-order valence-corrected chi connectivity index (χ0v) is 15.2. The average Bonchev–Trinajstić information content (AvgIpc) is 2.88. The van der Waals surface area contributed by atoms with Crippen LogP contribution in [0.5, 0.6) is 0 Å². The summed E-state index contributed by atoms with van der Waals surface area (Å²) in [6.45, 7) is 6.38. The molecule has 0 radical (unpaired) electrons. The highest BCUT2D eigenvalue weighted by Gasteiger charge is 2.15. The molecule has 26 heavy (non-hydrogen) atoms. The van der Waals surface area contributed by atoms with E-state index >= 15 is 0 Å². The summed E-state index contributed by atoms with van der Waals surface area (Å²) in [5.41, 5.74) is 5.86. The van der Waals surface area contributed by atoms with Gasteiger partial charge in [-0.2, -0.15) is 0 Å². The number of carbonyl (C=O) groups excluding carboxylic acids is 1. The van der Waals surface area contributed by atoms with Gasteiger partial charge in [0.05, 0.1) is 6.42 Å². The Balaban J connectivity index is 1.68. The molecule has 0 spiro atoms. The van der Waals surface area contributed by atoms with Gasteiger partial charge in [0.15, 0.2) is 0 Å². The van der Waals surface area contributed by atoms with Gasteiger partial charge in [0, 0.05) is 29.2 Å². The van der Waals surface area contributed by atoms with E-state index in [1.165, 1.54) is 12.1 Å². The number of nitrogens with one attached hydrogen (secondary N) is 2. The Kier molecular flexibility index (Phi) is 5.07. The number of aryl methyl sites for hydroxylation is 3. The van der Waals surface area contributed by atoms with E-state index < -0.39 is 11.6 Å². The van der Waals surface area contributed by atoms with Crippen LogP contribution in [0.2, 0.25) is 0 Å². The maximum absolute atomic E-state index is 13.2. The van der Waals surface area contributed by atoms with Crippen LogP contribution in [0.1, 0.15) is 27.9 Å². The molecule has 1 aromatic heterocycles. The fourth-order valence-electron chi connectivity index (χ4n) is 3.36. The zero-order valence-electron chi connectivity index (χ0n) is 15.2. The minimum absolute atomic E-state index is 0.105. The van der Waals surface area contributed by atoms with Crippen molar-refractivity contribution in [3.63, 3.8) is 0 Å². The molecule has 0 fully saturated rings. The van der Waals surface area contributed by atoms with Crippen LogP contribution in [0.15, 0.2) is 30.3 Å². The lowest BCUT2D eigenvalue weighted by atomic mass is 10.0. The fraction of sp³-hybridized carbons (Fsp3) is 0.286. The first-order chi connectivity index (χ1) is 12.3. The number of rotatable bonds is 5. The van der Waals surface area contributed by atoms with Crippen molar-refractivity contribution in [2.24, 2.45) is 0 Å². The number of benzene rings is 2. The molecule has 3 rings (SSSR count). The molecule has 0 aliphatic heterocycles. The van der Waals surface area contributed by atoms with Crippen LogP contribution in [0.3, 0.4) is 0 Å². The van der Waals surface area contributed by atoms with Crippen LogP contribution in [-0.4, -0.2) is 17.4 Å². The summed E-state index contributed by atoms with van der Waals surface area (Å²) < 4.78 is 26.4. The Bertz CT molecular complexity index is 956. The standard InChI is InChI=1S/C21H22F2N2O/c1-12-4-5-13(2)21-20(12)18(14(3)25-21)11-19(26)24-7-6-15-8-16(22)10-17(23)9-15/h4-5,8-10,25H,6-7,11H2,1-3H3,(H,24,26). The number of hydrogen-bond donors (Lipinski definition) is 2. The molecule has 0 aliphatic rings. The third-order valence-electron chi connectivity index (χ3n) is 4.68. The largest absolute Gasteiger partial charge is 0.358 e. The third kappa shape index (κ3) is 3.77. The van der Waals surface area contributed by atoms with Gasteiger partial charge in [-0.3, -0.25) is 4.79 Å². The van der Waals surface area contributed by atoms with Gasteiger partial charge in [0.2, 0.25) is 5.91 Å². The Morgan fingerprint density at radius 1 is 1.04 bits per heavy atom. The summed E-state index contributed by atoms with van der Waals surface area (Å²) >= 11 is 0. The molecule has 0 bridgehead atoms. The zero-order chi connectivity index (χ0) is 18.8. The van der Waals surface area contributed by atoms with E-state index in [4.69, 9.17) is 0 Å². The van der Waals surface area contributed by atoms with Gasteiger partial charge >= 0.3 is 0 Å². The van der Waals surface area contributed by atoms with Gasteiger partial charge in [-0.25, -0.2) is 8.78 Å². The van der Waals surface area contributed by atoms with Gasteiger partial charge in [0.1, 0.15) is 11.6 Å². The van der Waals surface area contributed by atoms with Gasteiger partial charge < -0.3 is 10.3 Å². The molecule has 0 saturated carbocycles. The second-order valence-corrected chi connectivity index (χ2v) is 6.73. The van der Waals surface area contributed by atoms with Crippen molar-refractivity contribution < 1.29 is 13.6 Å². The fourth-order valence-corrected chi connectivity index (χ4v) is 3.36. The van der Waals surface area contributed by atoms with Crippen LogP contribution in [0.4, 0.5) is 8.78 Å². The molecule has 3 aromatic rings. The van der Waals surface area contributed by atoms with Crippen molar-refractivity contribution in [2.45, 2.75) is 33.6 Å². The summed E-state index contributed by atoms with van der Waals surface area (Å²) in [4.78, 5) is 15.7. The first kappa shape index (κ1) is 18.1. The molecule has 1 heterocycles. The van der Waals surface area contributed by atoms with Gasteiger partial charge in [-0.15, -0.1) is 0 Å². The summed E-state index contributed by atoms with van der Waals surface area (Å²) in [7, 11) is 0. The number of fused-ring (bicyclic) bond motifs is 1. The molecule has 0 saturated heterocycles. The first-order valence-electron chi connectivity index (χ1n) is 8.64. The lowest BCUT2D eigenvalue weighted by molar-refractivity contribution is -0.120. The van der Waals surface area contributed by atoms with Crippen molar-refractivity contribution in [3.8, 4) is 0 Å². The predicted octanol–water partition coefficient (Wildman–Crippen LogP) is 4.27. The van der Waals surface area contributed by atoms with Crippen LogP contribution in [-0.2, 0) is 17.6 Å². The van der Waals surface area contributed by atoms with E-state index in [1.54, 1.807) is 0 Å². The number of amides is 1. The molecule has 3 nitrogen and oxygen atoms in total. The van der Waals surface area contributed by atoms with Gasteiger partial charge in [-0.05, 0) is 61.6 Å². The molecule has 1 amide bonds. The maximum Gasteiger partial charge on any atom is 0.224 e. The minimum atomic E-state index is -0.605. The predicted molar refractivity (Wildman–Crippen MR) is 99.3 cm³/mol. The van der Waals surface area contributed by atoms with E-state index in [0.29, 0.717) is 18.5 Å². The maximum atomic E-state index is 13.2. The van der Waals surface area contributed by atoms with Gasteiger partial charge in [-0.1, -0.05) is 12.1 Å². The molecular weight excluding hydrogens is 334 g/mol. The van der Waals surface area contributed by atoms with Gasteiger partial charge in [0.25, 0.3) is 0 Å². The third-order valence-corrected chi connectivity index (χ3v) is 4.68. The van der Waals surface area contributed by atoms with E-state index in [2.05, 4.69) is 22.4 Å². The number of aromatic amines is 1. The summed E-state index contributed by atoms with van der Waals surface area (Å²) in [5.74, 6) is -1.31. The van der Waals surface area contributed by atoms with Crippen molar-refractivity contribution in [1.82, 2.24) is 10.3 Å². The quantitative estimate of drug-likeness (QED) is 0.704. The lowest BCUT2D eigenvalue weighted by Crippen LogP contribution is -2.27. The minimum Gasteiger partial charge on any atom is -0.358 e. The molecule has 136 valence electrons. The molecule has 2 N–H and O–H groups in total. The summed E-state index contributed by atoms with van der Waals surface area (Å²) in [6, 6.07) is 7.53. The monoisotopic (exact) mass is 356 g/mol. The normalized spacial score (nSPS) is 11.1. The number of carbonyl (C=O) groups is 1. The Hall–Kier alpha value is -2.69. The van der Waals surface area contributed by atoms with Crippen molar-refractivity contribution in [3.05, 3.63) is 69.9 Å². The number of hydrogen-bond acceptors (Lipinski definition) is 1. The smallest absolute Gasteiger partial charge is 0.224 e. The number of aromatic nitrogens is 1. The highest BCUT2D eigenvalue weighted by molar-refractivity contribution is 5.93. The van der Waals surface area contributed by atoms with Crippen LogP contribution in [0.25, 0.3) is 10.9 Å². The van der Waals surface area contributed by atoms with Crippen LogP contribution < -0.4 is 5.32 Å². The molecular formula is C21H22F2N2O.